The van der Waals surface area contributed by atoms with Crippen LogP contribution in [0.3, 0.4) is 0 Å². The van der Waals surface area contributed by atoms with Gasteiger partial charge in [-0.15, -0.1) is 0 Å². The zero-order valence-electron chi connectivity index (χ0n) is 17.5. The SMILES string of the molecule is C=CC(=O)OC.COC(=O)CCn1ccc2cnc(Cl)nc21.Clc1ncc2c(n1)CC=C2. The molecule has 1 aliphatic rings. The van der Waals surface area contributed by atoms with Crippen LogP contribution in [0.5, 0.6) is 0 Å². The van der Waals surface area contributed by atoms with Gasteiger partial charge in [0, 0.05) is 48.6 Å². The Hall–Kier alpha value is -3.30. The molecular weight excluding hydrogens is 457 g/mol. The average Bonchev–Trinajstić information content (AvgIpc) is 3.43. The van der Waals surface area contributed by atoms with Crippen molar-refractivity contribution in [2.75, 3.05) is 14.2 Å². The first-order valence-electron chi connectivity index (χ1n) is 9.30. The van der Waals surface area contributed by atoms with Crippen LogP contribution in [0.15, 0.2) is 43.4 Å². The largest absolute Gasteiger partial charge is 0.469 e. The van der Waals surface area contributed by atoms with Crippen LogP contribution < -0.4 is 0 Å². The summed E-state index contributed by atoms with van der Waals surface area (Å²) < 4.78 is 10.6. The van der Waals surface area contributed by atoms with Gasteiger partial charge in [0.2, 0.25) is 10.6 Å². The molecule has 3 aromatic rings. The van der Waals surface area contributed by atoms with Crippen LogP contribution in [0.2, 0.25) is 10.6 Å². The Bertz CT molecular complexity index is 1130. The van der Waals surface area contributed by atoms with Crippen molar-refractivity contribution in [2.24, 2.45) is 0 Å². The van der Waals surface area contributed by atoms with E-state index >= 15 is 0 Å². The number of rotatable bonds is 4. The van der Waals surface area contributed by atoms with E-state index in [9.17, 15) is 9.59 Å². The van der Waals surface area contributed by atoms with Gasteiger partial charge in [-0.2, -0.15) is 4.98 Å². The monoisotopic (exact) mass is 477 g/mol. The van der Waals surface area contributed by atoms with Gasteiger partial charge in [-0.05, 0) is 29.3 Å². The summed E-state index contributed by atoms with van der Waals surface area (Å²) in [4.78, 5) is 36.7. The van der Waals surface area contributed by atoms with Crippen LogP contribution in [-0.4, -0.2) is 50.7 Å². The number of halogens is 2. The molecule has 11 heteroatoms. The fourth-order valence-corrected chi connectivity index (χ4v) is 2.81. The van der Waals surface area contributed by atoms with Crippen LogP contribution in [0.25, 0.3) is 17.1 Å². The minimum Gasteiger partial charge on any atom is -0.469 e. The van der Waals surface area contributed by atoms with Crippen molar-refractivity contribution >= 4 is 52.2 Å². The highest BCUT2D eigenvalue weighted by atomic mass is 35.5. The number of methoxy groups -OCH3 is 2. The molecule has 0 saturated heterocycles. The quantitative estimate of drug-likeness (QED) is 0.317. The molecule has 168 valence electrons. The van der Waals surface area contributed by atoms with E-state index in [4.69, 9.17) is 23.2 Å². The maximum atomic E-state index is 11.0. The number of fused-ring (bicyclic) bond motifs is 2. The lowest BCUT2D eigenvalue weighted by atomic mass is 10.3. The molecule has 0 fully saturated rings. The second-order valence-electron chi connectivity index (χ2n) is 6.13. The Kier molecular flexibility index (Phi) is 9.77. The van der Waals surface area contributed by atoms with E-state index in [0.29, 0.717) is 18.2 Å². The number of nitrogens with zero attached hydrogens (tertiary/aromatic N) is 5. The summed E-state index contributed by atoms with van der Waals surface area (Å²) in [6, 6.07) is 1.88. The molecule has 0 atom stereocenters. The predicted octanol–water partition coefficient (Wildman–Crippen LogP) is 3.69. The molecule has 0 amide bonds. The van der Waals surface area contributed by atoms with Crippen LogP contribution in [-0.2, 0) is 32.0 Å². The summed E-state index contributed by atoms with van der Waals surface area (Å²) in [5.41, 5.74) is 2.84. The summed E-state index contributed by atoms with van der Waals surface area (Å²) in [7, 11) is 2.68. The first kappa shape index (κ1) is 25.0. The number of carbonyl (C=O) groups excluding carboxylic acids is 2. The summed E-state index contributed by atoms with van der Waals surface area (Å²) in [6.45, 7) is 3.67. The van der Waals surface area contributed by atoms with Crippen molar-refractivity contribution in [1.82, 2.24) is 24.5 Å². The van der Waals surface area contributed by atoms with Crippen molar-refractivity contribution in [3.8, 4) is 0 Å². The summed E-state index contributed by atoms with van der Waals surface area (Å²) in [5, 5.41) is 1.43. The highest BCUT2D eigenvalue weighted by molar-refractivity contribution is 6.28. The van der Waals surface area contributed by atoms with Crippen molar-refractivity contribution in [2.45, 2.75) is 19.4 Å². The first-order chi connectivity index (χ1) is 15.4. The fourth-order valence-electron chi connectivity index (χ4n) is 2.53. The Morgan fingerprint density at radius 1 is 1.16 bits per heavy atom. The molecule has 0 spiro atoms. The summed E-state index contributed by atoms with van der Waals surface area (Å²) >= 11 is 11.3. The zero-order chi connectivity index (χ0) is 23.5. The molecule has 9 nitrogen and oxygen atoms in total. The lowest BCUT2D eigenvalue weighted by Gasteiger charge is -2.03. The van der Waals surface area contributed by atoms with Gasteiger partial charge in [0.15, 0.2) is 0 Å². The van der Waals surface area contributed by atoms with Gasteiger partial charge in [0.1, 0.15) is 5.65 Å². The predicted molar refractivity (Wildman–Crippen MR) is 121 cm³/mol. The fraction of sp³-hybridized carbons (Fsp3) is 0.238. The molecule has 0 saturated carbocycles. The van der Waals surface area contributed by atoms with E-state index in [1.807, 2.05) is 22.9 Å². The molecule has 3 heterocycles. The molecule has 0 bridgehead atoms. The molecule has 3 aromatic heterocycles. The highest BCUT2D eigenvalue weighted by Gasteiger charge is 2.07. The normalized spacial score (nSPS) is 10.9. The highest BCUT2D eigenvalue weighted by Crippen LogP contribution is 2.17. The number of allylic oxidation sites excluding steroid dienone is 1. The first-order valence-corrected chi connectivity index (χ1v) is 10.1. The van der Waals surface area contributed by atoms with Gasteiger partial charge in [0.25, 0.3) is 0 Å². The van der Waals surface area contributed by atoms with Gasteiger partial charge in [-0.1, -0.05) is 18.7 Å². The van der Waals surface area contributed by atoms with E-state index < -0.39 is 5.97 Å². The Morgan fingerprint density at radius 3 is 2.53 bits per heavy atom. The Labute approximate surface area is 194 Å². The van der Waals surface area contributed by atoms with E-state index in [1.54, 1.807) is 12.4 Å². The lowest BCUT2D eigenvalue weighted by molar-refractivity contribution is -0.140. The van der Waals surface area contributed by atoms with Gasteiger partial charge in [0.05, 0.1) is 26.3 Å². The van der Waals surface area contributed by atoms with E-state index in [2.05, 4.69) is 42.1 Å². The number of hydrogen-bond acceptors (Lipinski definition) is 8. The lowest BCUT2D eigenvalue weighted by Crippen LogP contribution is -2.06. The van der Waals surface area contributed by atoms with Crippen LogP contribution in [0.1, 0.15) is 17.7 Å². The molecular formula is C21H21Cl2N5O4. The van der Waals surface area contributed by atoms with Gasteiger partial charge in [-0.3, -0.25) is 4.79 Å². The Balaban J connectivity index is 0.000000193. The third-order valence-corrected chi connectivity index (χ3v) is 4.47. The van der Waals surface area contributed by atoms with Crippen LogP contribution >= 0.6 is 23.2 Å². The standard InChI is InChI=1S/C10H10ClN3O2.C7H5ClN2.C4H6O2/c1-16-8(15)3-5-14-4-2-7-6-12-10(11)13-9(7)14;8-7-9-4-5-2-1-3-6(5)10-7;1-3-4(5)6-2/h2,4,6H,3,5H2,1H3;1-2,4H,3H2;3H,1H2,2H3. The van der Waals surface area contributed by atoms with E-state index in [0.717, 1.165) is 34.8 Å². The summed E-state index contributed by atoms with van der Waals surface area (Å²) in [5.74, 6) is -0.642. The van der Waals surface area contributed by atoms with Crippen molar-refractivity contribution in [3.63, 3.8) is 0 Å². The van der Waals surface area contributed by atoms with E-state index in [1.165, 1.54) is 14.2 Å². The van der Waals surface area contributed by atoms with Crippen LogP contribution in [0, 0.1) is 0 Å². The third-order valence-electron chi connectivity index (χ3n) is 4.10. The maximum absolute atomic E-state index is 11.0. The maximum Gasteiger partial charge on any atom is 0.329 e. The number of carbonyl (C=O) groups is 2. The molecule has 0 unspecified atom stereocenters. The molecule has 32 heavy (non-hydrogen) atoms. The second-order valence-corrected chi connectivity index (χ2v) is 6.80. The van der Waals surface area contributed by atoms with Crippen molar-refractivity contribution in [1.29, 1.82) is 0 Å². The third kappa shape index (κ3) is 7.44. The van der Waals surface area contributed by atoms with Gasteiger partial charge >= 0.3 is 11.9 Å². The number of aromatic nitrogens is 5. The smallest absolute Gasteiger partial charge is 0.329 e. The summed E-state index contributed by atoms with van der Waals surface area (Å²) in [6.07, 6.45) is 11.6. The topological polar surface area (TPSA) is 109 Å². The number of hydrogen-bond donors (Lipinski definition) is 0. The van der Waals surface area contributed by atoms with Gasteiger partial charge < -0.3 is 14.0 Å². The van der Waals surface area contributed by atoms with Crippen LogP contribution in [0.4, 0.5) is 0 Å². The molecule has 1 aliphatic carbocycles. The number of esters is 2. The number of aryl methyl sites for hydroxylation is 1. The molecule has 0 N–H and O–H groups in total. The molecule has 0 aliphatic heterocycles. The molecule has 4 rings (SSSR count). The molecule has 0 aromatic carbocycles. The Morgan fingerprint density at radius 2 is 1.88 bits per heavy atom. The molecule has 0 radical (unpaired) electrons. The second kappa shape index (κ2) is 12.5. The number of ether oxygens (including phenoxy) is 2. The minimum atomic E-state index is -0.394. The van der Waals surface area contributed by atoms with E-state index in [-0.39, 0.29) is 11.3 Å². The zero-order valence-corrected chi connectivity index (χ0v) is 19.0. The van der Waals surface area contributed by atoms with Gasteiger partial charge in [-0.25, -0.2) is 19.7 Å². The minimum absolute atomic E-state index is 0.200. The van der Waals surface area contributed by atoms with Crippen molar-refractivity contribution < 1.29 is 19.1 Å². The average molecular weight is 478 g/mol. The van der Waals surface area contributed by atoms with Crippen molar-refractivity contribution in [3.05, 3.63) is 65.2 Å².